The zero-order valence-corrected chi connectivity index (χ0v) is 18.0. The summed E-state index contributed by atoms with van der Waals surface area (Å²) in [6.45, 7) is 5.01. The fourth-order valence-electron chi connectivity index (χ4n) is 4.92. The lowest BCUT2D eigenvalue weighted by atomic mass is 9.83. The van der Waals surface area contributed by atoms with Crippen LogP contribution in [0.1, 0.15) is 35.0 Å². The number of hydrogen-bond donors (Lipinski definition) is 0. The highest BCUT2D eigenvalue weighted by molar-refractivity contribution is 7.07. The lowest BCUT2D eigenvalue weighted by Gasteiger charge is -2.42. The van der Waals surface area contributed by atoms with Gasteiger partial charge in [-0.3, -0.25) is 24.6 Å². The van der Waals surface area contributed by atoms with Gasteiger partial charge < -0.3 is 4.57 Å². The Hall–Kier alpha value is -2.42. The first-order valence-electron chi connectivity index (χ1n) is 10.4. The van der Waals surface area contributed by atoms with E-state index in [0.29, 0.717) is 18.4 Å². The van der Waals surface area contributed by atoms with Crippen molar-refractivity contribution in [1.82, 2.24) is 29.3 Å². The normalized spacial score (nSPS) is 21.0. The molecular weight excluding hydrogens is 396 g/mol. The van der Waals surface area contributed by atoms with Crippen LogP contribution >= 0.6 is 11.3 Å². The predicted octanol–water partition coefficient (Wildman–Crippen LogP) is 2.35. The van der Waals surface area contributed by atoms with Gasteiger partial charge in [0.15, 0.2) is 0 Å². The molecule has 1 saturated heterocycles. The van der Waals surface area contributed by atoms with Gasteiger partial charge >= 0.3 is 0 Å². The van der Waals surface area contributed by atoms with Crippen molar-refractivity contribution >= 4 is 11.3 Å². The first-order chi connectivity index (χ1) is 14.7. The monoisotopic (exact) mass is 422 g/mol. The standard InChI is InChI=1S/C22H26N6OS/c1-26(12-20-14-30-15-25-20)10-17-2-3-21-18-6-16(9-28(21)22(17)29)8-27(11-18)13-19-7-23-4-5-24-19/h2-5,7,14-16,18H,6,8-13H2,1H3/t16-,18+/m0/s1. The average molecular weight is 423 g/mol. The molecule has 0 N–H and O–H groups in total. The molecule has 0 radical (unpaired) electrons. The van der Waals surface area contributed by atoms with Crippen molar-refractivity contribution in [2.45, 2.75) is 38.5 Å². The molecular formula is C22H26N6OS. The van der Waals surface area contributed by atoms with E-state index in [1.54, 1.807) is 23.7 Å². The van der Waals surface area contributed by atoms with Crippen molar-refractivity contribution in [2.75, 3.05) is 20.1 Å². The van der Waals surface area contributed by atoms with E-state index in [1.165, 1.54) is 12.1 Å². The molecule has 0 aliphatic carbocycles. The molecule has 5 heterocycles. The maximum atomic E-state index is 13.2. The van der Waals surface area contributed by atoms with Gasteiger partial charge in [-0.1, -0.05) is 6.07 Å². The SMILES string of the molecule is CN(Cc1cscn1)Cc1ccc2n(c1=O)C[C@H]1C[C@@H]2CN(Cc2cnccn2)C1. The van der Waals surface area contributed by atoms with E-state index < -0.39 is 0 Å². The minimum absolute atomic E-state index is 0.176. The van der Waals surface area contributed by atoms with Crippen LogP contribution in [0, 0.1) is 5.92 Å². The van der Waals surface area contributed by atoms with Crippen molar-refractivity contribution in [3.63, 3.8) is 0 Å². The molecule has 0 spiro atoms. The molecule has 7 nitrogen and oxygen atoms in total. The topological polar surface area (TPSA) is 67.2 Å². The van der Waals surface area contributed by atoms with Gasteiger partial charge in [0.25, 0.3) is 5.56 Å². The summed E-state index contributed by atoms with van der Waals surface area (Å²) in [5.74, 6) is 0.914. The van der Waals surface area contributed by atoms with Crippen LogP contribution in [0.4, 0.5) is 0 Å². The highest BCUT2D eigenvalue weighted by Gasteiger charge is 2.35. The average Bonchev–Trinajstić information content (AvgIpc) is 3.24. The summed E-state index contributed by atoms with van der Waals surface area (Å²) < 4.78 is 2.05. The zero-order valence-electron chi connectivity index (χ0n) is 17.1. The number of piperidine rings is 1. The Morgan fingerprint density at radius 3 is 2.87 bits per heavy atom. The summed E-state index contributed by atoms with van der Waals surface area (Å²) in [5.41, 5.74) is 6.14. The van der Waals surface area contributed by atoms with Crippen molar-refractivity contribution < 1.29 is 0 Å². The van der Waals surface area contributed by atoms with E-state index in [-0.39, 0.29) is 5.56 Å². The molecule has 30 heavy (non-hydrogen) atoms. The van der Waals surface area contributed by atoms with Crippen LogP contribution in [0.5, 0.6) is 0 Å². The van der Waals surface area contributed by atoms with Crippen molar-refractivity contribution in [2.24, 2.45) is 5.92 Å². The molecule has 3 aromatic rings. The number of likely N-dealkylation sites (tertiary alicyclic amines) is 1. The molecule has 2 aliphatic heterocycles. The molecule has 1 fully saturated rings. The molecule has 2 bridgehead atoms. The third kappa shape index (κ3) is 4.08. The second kappa shape index (κ2) is 8.37. The van der Waals surface area contributed by atoms with E-state index in [2.05, 4.69) is 36.2 Å². The summed E-state index contributed by atoms with van der Waals surface area (Å²) in [6.07, 6.45) is 6.47. The first kappa shape index (κ1) is 19.5. The van der Waals surface area contributed by atoms with Gasteiger partial charge in [-0.05, 0) is 25.5 Å². The molecule has 2 atom stereocenters. The van der Waals surface area contributed by atoms with Crippen molar-refractivity contribution in [3.05, 3.63) is 74.6 Å². The van der Waals surface area contributed by atoms with Crippen LogP contribution in [0.15, 0.2) is 46.4 Å². The molecule has 5 rings (SSSR count). The second-order valence-corrected chi connectivity index (χ2v) is 9.26. The quantitative estimate of drug-likeness (QED) is 0.608. The molecule has 0 saturated carbocycles. The summed E-state index contributed by atoms with van der Waals surface area (Å²) in [7, 11) is 2.04. The van der Waals surface area contributed by atoms with Crippen LogP contribution in [-0.4, -0.2) is 49.5 Å². The third-order valence-electron chi connectivity index (χ3n) is 6.12. The smallest absolute Gasteiger partial charge is 0.255 e. The van der Waals surface area contributed by atoms with Crippen LogP contribution in [0.25, 0.3) is 0 Å². The molecule has 3 aromatic heterocycles. The molecule has 0 amide bonds. The summed E-state index contributed by atoms with van der Waals surface area (Å²) in [4.78, 5) is 30.8. The molecule has 8 heteroatoms. The number of rotatable bonds is 6. The van der Waals surface area contributed by atoms with Crippen LogP contribution in [-0.2, 0) is 26.2 Å². The van der Waals surface area contributed by atoms with E-state index in [0.717, 1.165) is 49.7 Å². The van der Waals surface area contributed by atoms with Gasteiger partial charge in [0, 0.05) is 80.4 Å². The molecule has 0 unspecified atom stereocenters. The van der Waals surface area contributed by atoms with E-state index in [9.17, 15) is 4.79 Å². The Morgan fingerprint density at radius 2 is 2.07 bits per heavy atom. The number of thiazole rings is 1. The lowest BCUT2D eigenvalue weighted by Crippen LogP contribution is -2.47. The Balaban J connectivity index is 1.31. The van der Waals surface area contributed by atoms with Crippen molar-refractivity contribution in [3.8, 4) is 0 Å². The third-order valence-corrected chi connectivity index (χ3v) is 6.75. The number of nitrogens with zero attached hydrogens (tertiary/aromatic N) is 6. The summed E-state index contributed by atoms with van der Waals surface area (Å²) in [5, 5.41) is 2.06. The number of aromatic nitrogens is 4. The van der Waals surface area contributed by atoms with Crippen LogP contribution < -0.4 is 5.56 Å². The highest BCUT2D eigenvalue weighted by atomic mass is 32.1. The predicted molar refractivity (Wildman–Crippen MR) is 116 cm³/mol. The molecule has 156 valence electrons. The van der Waals surface area contributed by atoms with E-state index in [4.69, 9.17) is 0 Å². The Labute approximate surface area is 180 Å². The van der Waals surface area contributed by atoms with Crippen LogP contribution in [0.3, 0.4) is 0 Å². The van der Waals surface area contributed by atoms with E-state index in [1.807, 2.05) is 29.4 Å². The fraction of sp³-hybridized carbons (Fsp3) is 0.455. The highest BCUT2D eigenvalue weighted by Crippen LogP contribution is 2.35. The Morgan fingerprint density at radius 1 is 1.13 bits per heavy atom. The van der Waals surface area contributed by atoms with Crippen LogP contribution in [0.2, 0.25) is 0 Å². The fourth-order valence-corrected chi connectivity index (χ4v) is 5.47. The van der Waals surface area contributed by atoms with Crippen molar-refractivity contribution in [1.29, 1.82) is 0 Å². The summed E-state index contributed by atoms with van der Waals surface area (Å²) in [6, 6.07) is 4.22. The Kier molecular flexibility index (Phi) is 5.45. The number of pyridine rings is 1. The van der Waals surface area contributed by atoms with Gasteiger partial charge in [0.05, 0.1) is 16.9 Å². The molecule has 2 aliphatic rings. The van der Waals surface area contributed by atoms with Gasteiger partial charge in [-0.15, -0.1) is 11.3 Å². The first-order valence-corrected chi connectivity index (χ1v) is 11.4. The number of hydrogen-bond acceptors (Lipinski definition) is 7. The van der Waals surface area contributed by atoms with E-state index >= 15 is 0 Å². The maximum Gasteiger partial charge on any atom is 0.255 e. The van der Waals surface area contributed by atoms with Gasteiger partial charge in [-0.2, -0.15) is 0 Å². The minimum Gasteiger partial charge on any atom is -0.312 e. The Bertz CT molecular complexity index is 1050. The zero-order chi connectivity index (χ0) is 20.5. The largest absolute Gasteiger partial charge is 0.312 e. The maximum absolute atomic E-state index is 13.2. The summed E-state index contributed by atoms with van der Waals surface area (Å²) >= 11 is 1.60. The van der Waals surface area contributed by atoms with Gasteiger partial charge in [0.2, 0.25) is 0 Å². The minimum atomic E-state index is 0.176. The number of fused-ring (bicyclic) bond motifs is 4. The van der Waals surface area contributed by atoms with Gasteiger partial charge in [0.1, 0.15) is 0 Å². The second-order valence-electron chi connectivity index (χ2n) is 8.54. The van der Waals surface area contributed by atoms with Gasteiger partial charge in [-0.25, -0.2) is 4.98 Å². The molecule has 0 aromatic carbocycles. The lowest BCUT2D eigenvalue weighted by molar-refractivity contribution is 0.113.